The van der Waals surface area contributed by atoms with Crippen molar-refractivity contribution in [3.8, 4) is 0 Å². The van der Waals surface area contributed by atoms with E-state index in [0.717, 1.165) is 17.3 Å². The molecule has 1 aromatic carbocycles. The molecule has 0 N–H and O–H groups in total. The molecule has 3 heteroatoms. The lowest BCUT2D eigenvalue weighted by Crippen LogP contribution is -2.19. The van der Waals surface area contributed by atoms with E-state index in [1.54, 1.807) is 0 Å². The van der Waals surface area contributed by atoms with Crippen molar-refractivity contribution >= 4 is 23.1 Å². The Bertz CT molecular complexity index is 337. The van der Waals surface area contributed by atoms with Crippen molar-refractivity contribution in [2.24, 2.45) is 0 Å². The zero-order valence-corrected chi connectivity index (χ0v) is 7.92. The van der Waals surface area contributed by atoms with E-state index in [1.165, 1.54) is 0 Å². The summed E-state index contributed by atoms with van der Waals surface area (Å²) in [5.74, 6) is 0.292. The highest BCUT2D eigenvalue weighted by molar-refractivity contribution is 6.33. The van der Waals surface area contributed by atoms with Crippen molar-refractivity contribution in [1.29, 1.82) is 0 Å². The smallest absolute Gasteiger partial charge is 0.153 e. The molecule has 1 aromatic rings. The van der Waals surface area contributed by atoms with Gasteiger partial charge in [0.25, 0.3) is 0 Å². The minimum absolute atomic E-state index is 0.292. The molecule has 1 aliphatic rings. The third-order valence-corrected chi connectivity index (χ3v) is 2.54. The van der Waals surface area contributed by atoms with Crippen LogP contribution in [-0.4, -0.2) is 18.9 Å². The number of Topliss-reactive ketones (excluding diaryl/α,β-unsaturated/α-hetero) is 1. The van der Waals surface area contributed by atoms with Gasteiger partial charge >= 0.3 is 0 Å². The van der Waals surface area contributed by atoms with Crippen molar-refractivity contribution < 1.29 is 4.79 Å². The molecular formula is C10H10ClNO. The fourth-order valence-electron chi connectivity index (χ4n) is 1.54. The van der Waals surface area contributed by atoms with Gasteiger partial charge in [-0.3, -0.25) is 4.79 Å². The zero-order valence-electron chi connectivity index (χ0n) is 7.16. The first kappa shape index (κ1) is 8.57. The number of halogens is 1. The summed E-state index contributed by atoms with van der Waals surface area (Å²) < 4.78 is 0. The molecule has 0 amide bonds. The van der Waals surface area contributed by atoms with Gasteiger partial charge in [-0.1, -0.05) is 23.7 Å². The molecule has 1 heterocycles. The normalized spacial score (nSPS) is 16.7. The number of para-hydroxylation sites is 1. The lowest BCUT2D eigenvalue weighted by atomic mass is 10.3. The maximum absolute atomic E-state index is 11.1. The SMILES string of the molecule is O=C1CCN(c2ccccc2Cl)C1. The lowest BCUT2D eigenvalue weighted by molar-refractivity contribution is -0.116. The highest BCUT2D eigenvalue weighted by Crippen LogP contribution is 2.26. The van der Waals surface area contributed by atoms with Gasteiger partial charge in [-0.25, -0.2) is 0 Å². The number of rotatable bonds is 1. The van der Waals surface area contributed by atoms with Gasteiger partial charge in [-0.05, 0) is 12.1 Å². The van der Waals surface area contributed by atoms with Crippen LogP contribution in [0.4, 0.5) is 5.69 Å². The van der Waals surface area contributed by atoms with Crippen LogP contribution < -0.4 is 4.90 Å². The van der Waals surface area contributed by atoms with Crippen LogP contribution in [0.5, 0.6) is 0 Å². The van der Waals surface area contributed by atoms with Crippen molar-refractivity contribution in [3.63, 3.8) is 0 Å². The summed E-state index contributed by atoms with van der Waals surface area (Å²) >= 11 is 6.00. The second-order valence-corrected chi connectivity index (χ2v) is 3.57. The Morgan fingerprint density at radius 2 is 2.08 bits per heavy atom. The van der Waals surface area contributed by atoms with Crippen molar-refractivity contribution in [2.45, 2.75) is 6.42 Å². The zero-order chi connectivity index (χ0) is 9.26. The van der Waals surface area contributed by atoms with Crippen LogP contribution >= 0.6 is 11.6 Å². The predicted octanol–water partition coefficient (Wildman–Crippen LogP) is 2.12. The van der Waals surface area contributed by atoms with E-state index in [1.807, 2.05) is 29.2 Å². The highest BCUT2D eigenvalue weighted by Gasteiger charge is 2.20. The summed E-state index contributed by atoms with van der Waals surface area (Å²) in [6.07, 6.45) is 0.644. The third-order valence-electron chi connectivity index (χ3n) is 2.22. The van der Waals surface area contributed by atoms with Gasteiger partial charge in [0, 0.05) is 13.0 Å². The Morgan fingerprint density at radius 3 is 2.69 bits per heavy atom. The van der Waals surface area contributed by atoms with Gasteiger partial charge in [-0.2, -0.15) is 0 Å². The number of ketones is 1. The first-order valence-electron chi connectivity index (χ1n) is 4.28. The third kappa shape index (κ3) is 1.68. The standard InChI is InChI=1S/C10H10ClNO/c11-9-3-1-2-4-10(9)12-6-5-8(13)7-12/h1-4H,5-7H2. The summed E-state index contributed by atoms with van der Waals surface area (Å²) in [4.78, 5) is 13.1. The van der Waals surface area contributed by atoms with E-state index in [0.29, 0.717) is 18.7 Å². The fourth-order valence-corrected chi connectivity index (χ4v) is 1.80. The Balaban J connectivity index is 2.26. The Labute approximate surface area is 82.1 Å². The summed E-state index contributed by atoms with van der Waals surface area (Å²) in [7, 11) is 0. The maximum atomic E-state index is 11.1. The molecule has 2 nitrogen and oxygen atoms in total. The Kier molecular flexibility index (Phi) is 2.23. The fraction of sp³-hybridized carbons (Fsp3) is 0.300. The first-order valence-corrected chi connectivity index (χ1v) is 4.66. The first-order chi connectivity index (χ1) is 6.27. The quantitative estimate of drug-likeness (QED) is 0.684. The molecule has 0 aliphatic carbocycles. The molecule has 0 unspecified atom stereocenters. The minimum Gasteiger partial charge on any atom is -0.363 e. The lowest BCUT2D eigenvalue weighted by Gasteiger charge is -2.17. The highest BCUT2D eigenvalue weighted by atomic mass is 35.5. The average Bonchev–Trinajstić information content (AvgIpc) is 2.53. The molecule has 1 fully saturated rings. The summed E-state index contributed by atoms with van der Waals surface area (Å²) in [6, 6.07) is 7.62. The molecule has 0 aromatic heterocycles. The van der Waals surface area contributed by atoms with Crippen molar-refractivity contribution in [2.75, 3.05) is 18.0 Å². The molecule has 0 saturated carbocycles. The van der Waals surface area contributed by atoms with E-state index in [2.05, 4.69) is 0 Å². The van der Waals surface area contributed by atoms with Crippen LogP contribution in [0.3, 0.4) is 0 Å². The predicted molar refractivity (Wildman–Crippen MR) is 53.3 cm³/mol. The number of hydrogen-bond donors (Lipinski definition) is 0. The van der Waals surface area contributed by atoms with Gasteiger partial charge < -0.3 is 4.90 Å². The average molecular weight is 196 g/mol. The molecule has 0 atom stereocenters. The molecule has 2 rings (SSSR count). The van der Waals surface area contributed by atoms with Gasteiger partial charge in [-0.15, -0.1) is 0 Å². The van der Waals surface area contributed by atoms with Gasteiger partial charge in [0.1, 0.15) is 0 Å². The van der Waals surface area contributed by atoms with Crippen LogP contribution in [-0.2, 0) is 4.79 Å². The number of anilines is 1. The van der Waals surface area contributed by atoms with Crippen LogP contribution in [0.15, 0.2) is 24.3 Å². The monoisotopic (exact) mass is 195 g/mol. The van der Waals surface area contributed by atoms with E-state index < -0.39 is 0 Å². The van der Waals surface area contributed by atoms with Crippen LogP contribution in [0, 0.1) is 0 Å². The molecule has 0 radical (unpaired) electrons. The number of carbonyl (C=O) groups excluding carboxylic acids is 1. The van der Waals surface area contributed by atoms with E-state index in [-0.39, 0.29) is 0 Å². The van der Waals surface area contributed by atoms with Crippen molar-refractivity contribution in [3.05, 3.63) is 29.3 Å². The largest absolute Gasteiger partial charge is 0.363 e. The van der Waals surface area contributed by atoms with Gasteiger partial charge in [0.2, 0.25) is 0 Å². The van der Waals surface area contributed by atoms with Crippen LogP contribution in [0.2, 0.25) is 5.02 Å². The summed E-state index contributed by atoms with van der Waals surface area (Å²) in [5, 5.41) is 0.720. The number of nitrogens with zero attached hydrogens (tertiary/aromatic N) is 1. The van der Waals surface area contributed by atoms with E-state index in [4.69, 9.17) is 11.6 Å². The molecule has 0 spiro atoms. The number of benzene rings is 1. The molecule has 68 valence electrons. The second-order valence-electron chi connectivity index (χ2n) is 3.16. The molecule has 0 bridgehead atoms. The molecule has 13 heavy (non-hydrogen) atoms. The van der Waals surface area contributed by atoms with Crippen LogP contribution in [0.25, 0.3) is 0 Å². The molecular weight excluding hydrogens is 186 g/mol. The summed E-state index contributed by atoms with van der Waals surface area (Å²) in [5.41, 5.74) is 0.968. The van der Waals surface area contributed by atoms with Gasteiger partial charge in [0.15, 0.2) is 5.78 Å². The number of hydrogen-bond acceptors (Lipinski definition) is 2. The minimum atomic E-state index is 0.292. The van der Waals surface area contributed by atoms with E-state index in [9.17, 15) is 4.79 Å². The Hall–Kier alpha value is -1.02. The topological polar surface area (TPSA) is 20.3 Å². The second kappa shape index (κ2) is 3.38. The van der Waals surface area contributed by atoms with Gasteiger partial charge in [0.05, 0.1) is 17.3 Å². The number of carbonyl (C=O) groups is 1. The Morgan fingerprint density at radius 1 is 1.31 bits per heavy atom. The van der Waals surface area contributed by atoms with Crippen LogP contribution in [0.1, 0.15) is 6.42 Å². The van der Waals surface area contributed by atoms with Crippen molar-refractivity contribution in [1.82, 2.24) is 0 Å². The van der Waals surface area contributed by atoms with E-state index >= 15 is 0 Å². The maximum Gasteiger partial charge on any atom is 0.153 e. The molecule has 1 aliphatic heterocycles. The molecule has 1 saturated heterocycles. The summed E-state index contributed by atoms with van der Waals surface area (Å²) in [6.45, 7) is 1.30.